The van der Waals surface area contributed by atoms with Gasteiger partial charge in [0.25, 0.3) is 11.8 Å². The van der Waals surface area contributed by atoms with Crippen LogP contribution in [-0.2, 0) is 9.59 Å². The number of aromatic nitrogens is 3. The van der Waals surface area contributed by atoms with Crippen molar-refractivity contribution >= 4 is 46.6 Å². The number of hydrogen-bond donors (Lipinski definition) is 1. The summed E-state index contributed by atoms with van der Waals surface area (Å²) >= 11 is 2.56. The quantitative estimate of drug-likeness (QED) is 0.568. The largest absolute Gasteiger partial charge is 0.310 e. The predicted octanol–water partition coefficient (Wildman–Crippen LogP) is 2.56. The molecule has 0 saturated carbocycles. The van der Waals surface area contributed by atoms with Gasteiger partial charge in [0.2, 0.25) is 5.91 Å². The minimum absolute atomic E-state index is 0.0947. The lowest BCUT2D eigenvalue weighted by atomic mass is 10.3. The van der Waals surface area contributed by atoms with Crippen LogP contribution in [0.15, 0.2) is 54.3 Å². The molecule has 164 valence electrons. The number of carbonyl (C=O) groups is 3. The van der Waals surface area contributed by atoms with E-state index in [9.17, 15) is 14.4 Å². The number of carbonyl (C=O) groups excluding carboxylic acids is 3. The lowest BCUT2D eigenvalue weighted by Gasteiger charge is -2.27. The van der Waals surface area contributed by atoms with Crippen LogP contribution in [0.4, 0.5) is 5.82 Å². The maximum Gasteiger partial charge on any atom is 0.291 e. The molecule has 4 heterocycles. The van der Waals surface area contributed by atoms with E-state index in [2.05, 4.69) is 20.3 Å². The first kappa shape index (κ1) is 21.9. The van der Waals surface area contributed by atoms with E-state index in [4.69, 9.17) is 0 Å². The summed E-state index contributed by atoms with van der Waals surface area (Å²) in [5.74, 6) is -0.0764. The molecule has 32 heavy (non-hydrogen) atoms. The van der Waals surface area contributed by atoms with Crippen molar-refractivity contribution in [1.82, 2.24) is 25.0 Å². The van der Waals surface area contributed by atoms with Crippen molar-refractivity contribution in [2.45, 2.75) is 6.42 Å². The second kappa shape index (κ2) is 10.3. The number of nitrogens with one attached hydrogen (secondary N) is 1. The van der Waals surface area contributed by atoms with Gasteiger partial charge in [-0.1, -0.05) is 6.07 Å². The average Bonchev–Trinajstić information content (AvgIpc) is 3.50. The summed E-state index contributed by atoms with van der Waals surface area (Å²) in [6, 6.07) is 8.93. The molecular formula is C21H20N6O3S2. The Labute approximate surface area is 192 Å². The molecule has 1 N–H and O–H groups in total. The fourth-order valence-corrected chi connectivity index (χ4v) is 4.60. The van der Waals surface area contributed by atoms with Gasteiger partial charge >= 0.3 is 0 Å². The molecule has 0 aromatic carbocycles. The lowest BCUT2D eigenvalue weighted by molar-refractivity contribution is -0.137. The third-order valence-corrected chi connectivity index (χ3v) is 6.39. The predicted molar refractivity (Wildman–Crippen MR) is 123 cm³/mol. The Hall–Kier alpha value is -3.31. The van der Waals surface area contributed by atoms with Crippen LogP contribution in [0.5, 0.6) is 0 Å². The zero-order valence-corrected chi connectivity index (χ0v) is 18.6. The Morgan fingerprint density at radius 1 is 1.06 bits per heavy atom. The molecule has 1 fully saturated rings. The molecule has 0 bridgehead atoms. The van der Waals surface area contributed by atoms with Crippen molar-refractivity contribution in [2.24, 2.45) is 0 Å². The van der Waals surface area contributed by atoms with Gasteiger partial charge < -0.3 is 5.32 Å². The number of nitrogens with zero attached hydrogens (tertiary/aromatic N) is 5. The number of thioether (sulfide) groups is 1. The monoisotopic (exact) mass is 468 g/mol. The van der Waals surface area contributed by atoms with E-state index in [1.807, 2.05) is 12.1 Å². The number of hydrazine groups is 1. The van der Waals surface area contributed by atoms with Gasteiger partial charge in [0.05, 0.1) is 11.5 Å². The number of anilines is 1. The average molecular weight is 469 g/mol. The topological polar surface area (TPSA) is 108 Å². The first-order valence-electron chi connectivity index (χ1n) is 9.88. The highest BCUT2D eigenvalue weighted by Gasteiger charge is 2.32. The number of thiazole rings is 1. The highest BCUT2D eigenvalue weighted by molar-refractivity contribution is 8.00. The maximum absolute atomic E-state index is 13.0. The molecule has 3 aromatic rings. The summed E-state index contributed by atoms with van der Waals surface area (Å²) in [5, 5.41) is 7.97. The van der Waals surface area contributed by atoms with Crippen LogP contribution < -0.4 is 5.32 Å². The Morgan fingerprint density at radius 2 is 1.94 bits per heavy atom. The van der Waals surface area contributed by atoms with Gasteiger partial charge in [0, 0.05) is 42.6 Å². The number of hydrogen-bond acceptors (Lipinski definition) is 8. The minimum atomic E-state index is -0.305. The lowest BCUT2D eigenvalue weighted by Crippen LogP contribution is -2.45. The molecule has 0 spiro atoms. The molecule has 3 amide bonds. The Balaban J connectivity index is 1.31. The standard InChI is InChI=1S/C21H20N6O3S2/c28-18(25-17-6-1-2-8-23-17)13-31-14-19(29)26-9-4-10-27(26)21(30)16-12-32-20(24-16)15-5-3-7-22-11-15/h1-3,5-8,11-12H,4,9-10,13-14H2,(H,23,25,28). The highest BCUT2D eigenvalue weighted by atomic mass is 32.2. The molecular weight excluding hydrogens is 448 g/mol. The molecule has 4 rings (SSSR count). The van der Waals surface area contributed by atoms with Crippen LogP contribution in [0.2, 0.25) is 0 Å². The first-order valence-corrected chi connectivity index (χ1v) is 11.9. The van der Waals surface area contributed by atoms with Crippen LogP contribution in [0.25, 0.3) is 10.6 Å². The minimum Gasteiger partial charge on any atom is -0.310 e. The van der Waals surface area contributed by atoms with Gasteiger partial charge in [-0.05, 0) is 30.7 Å². The summed E-state index contributed by atoms with van der Waals surface area (Å²) < 4.78 is 0. The van der Waals surface area contributed by atoms with Crippen molar-refractivity contribution < 1.29 is 14.4 Å². The zero-order chi connectivity index (χ0) is 22.3. The van der Waals surface area contributed by atoms with Crippen LogP contribution >= 0.6 is 23.1 Å². The van der Waals surface area contributed by atoms with Gasteiger partial charge in [-0.25, -0.2) is 15.0 Å². The van der Waals surface area contributed by atoms with Gasteiger partial charge in [-0.2, -0.15) is 0 Å². The molecule has 11 heteroatoms. The fraction of sp³-hybridized carbons (Fsp3) is 0.238. The molecule has 3 aromatic heterocycles. The van der Waals surface area contributed by atoms with E-state index in [1.165, 1.54) is 33.1 Å². The van der Waals surface area contributed by atoms with Crippen molar-refractivity contribution in [3.8, 4) is 10.6 Å². The van der Waals surface area contributed by atoms with Crippen molar-refractivity contribution in [1.29, 1.82) is 0 Å². The molecule has 0 atom stereocenters. The summed E-state index contributed by atoms with van der Waals surface area (Å²) in [4.78, 5) is 50.2. The van der Waals surface area contributed by atoms with Gasteiger partial charge in [0.1, 0.15) is 16.5 Å². The molecule has 0 radical (unpaired) electrons. The second-order valence-electron chi connectivity index (χ2n) is 6.83. The Morgan fingerprint density at radius 3 is 2.72 bits per heavy atom. The van der Waals surface area contributed by atoms with Crippen molar-refractivity contribution in [3.63, 3.8) is 0 Å². The van der Waals surface area contributed by atoms with Gasteiger partial charge in [-0.3, -0.25) is 24.4 Å². The molecule has 0 unspecified atom stereocenters. The first-order chi connectivity index (χ1) is 15.6. The fourth-order valence-electron chi connectivity index (χ4n) is 3.13. The van der Waals surface area contributed by atoms with Gasteiger partial charge in [-0.15, -0.1) is 23.1 Å². The zero-order valence-electron chi connectivity index (χ0n) is 17.0. The third-order valence-electron chi connectivity index (χ3n) is 4.58. The second-order valence-corrected chi connectivity index (χ2v) is 8.68. The Kier molecular flexibility index (Phi) is 7.07. The van der Waals surface area contributed by atoms with E-state index in [0.717, 1.165) is 5.56 Å². The van der Waals surface area contributed by atoms with E-state index in [-0.39, 0.29) is 29.2 Å². The van der Waals surface area contributed by atoms with E-state index >= 15 is 0 Å². The normalized spacial score (nSPS) is 13.2. The van der Waals surface area contributed by atoms with E-state index in [1.54, 1.807) is 42.2 Å². The van der Waals surface area contributed by atoms with Crippen LogP contribution in [0.3, 0.4) is 0 Å². The maximum atomic E-state index is 13.0. The summed E-state index contributed by atoms with van der Waals surface area (Å²) in [6.45, 7) is 0.917. The van der Waals surface area contributed by atoms with Crippen molar-refractivity contribution in [2.75, 3.05) is 29.9 Å². The molecule has 9 nitrogen and oxygen atoms in total. The van der Waals surface area contributed by atoms with Crippen LogP contribution in [0.1, 0.15) is 16.9 Å². The number of rotatable bonds is 7. The molecule has 1 aliphatic heterocycles. The molecule has 1 aliphatic rings. The summed E-state index contributed by atoms with van der Waals surface area (Å²) in [6.07, 6.45) is 5.66. The van der Waals surface area contributed by atoms with Crippen molar-refractivity contribution in [3.05, 3.63) is 60.0 Å². The number of amides is 3. The van der Waals surface area contributed by atoms with Crippen LogP contribution in [0, 0.1) is 0 Å². The molecule has 0 aliphatic carbocycles. The Bertz CT molecular complexity index is 1090. The van der Waals surface area contributed by atoms with E-state index < -0.39 is 0 Å². The third kappa shape index (κ3) is 5.29. The SMILES string of the molecule is O=C(CSCC(=O)N1CCCN1C(=O)c1csc(-c2cccnc2)n1)Nc1ccccn1. The van der Waals surface area contributed by atoms with Crippen LogP contribution in [-0.4, -0.2) is 67.3 Å². The number of pyridine rings is 2. The smallest absolute Gasteiger partial charge is 0.291 e. The summed E-state index contributed by atoms with van der Waals surface area (Å²) in [7, 11) is 0. The molecule has 1 saturated heterocycles. The van der Waals surface area contributed by atoms with Gasteiger partial charge in [0.15, 0.2) is 0 Å². The highest BCUT2D eigenvalue weighted by Crippen LogP contribution is 2.24. The van der Waals surface area contributed by atoms with E-state index in [0.29, 0.717) is 36.0 Å². The summed E-state index contributed by atoms with van der Waals surface area (Å²) in [5.41, 5.74) is 1.14.